The van der Waals surface area contributed by atoms with Crippen LogP contribution in [0.2, 0.25) is 0 Å². The Balaban J connectivity index is 2.27. The van der Waals surface area contributed by atoms with Crippen molar-refractivity contribution in [2.45, 2.75) is 0 Å². The molecule has 0 aliphatic carbocycles. The van der Waals surface area contributed by atoms with Gasteiger partial charge in [0.2, 0.25) is 0 Å². The average Bonchev–Trinajstić information content (AvgIpc) is 2.61. The van der Waals surface area contributed by atoms with E-state index in [-0.39, 0.29) is 5.92 Å². The van der Waals surface area contributed by atoms with Crippen molar-refractivity contribution in [3.63, 3.8) is 0 Å². The third kappa shape index (κ3) is 1.91. The molecule has 112 valence electrons. The van der Waals surface area contributed by atoms with Crippen LogP contribution in [0.5, 0.6) is 0 Å². The molecule has 1 aromatic heterocycles. The highest BCUT2D eigenvalue weighted by Gasteiger charge is 2.48. The van der Waals surface area contributed by atoms with Gasteiger partial charge in [0.1, 0.15) is 12.4 Å². The number of nitrogens with zero attached hydrogens (tertiary/aromatic N) is 1. The predicted octanol–water partition coefficient (Wildman–Crippen LogP) is 0.784. The minimum absolute atomic E-state index is 0.255. The van der Waals surface area contributed by atoms with E-state index in [9.17, 15) is 9.59 Å². The maximum atomic E-state index is 12.4. The molecule has 2 bridgehead atoms. The second-order valence-corrected chi connectivity index (χ2v) is 5.38. The first-order valence-electron chi connectivity index (χ1n) is 7.07. The largest absolute Gasteiger partial charge is 0.468 e. The summed E-state index contributed by atoms with van der Waals surface area (Å²) < 4.78 is 11.7. The van der Waals surface area contributed by atoms with Crippen LogP contribution in [0.25, 0.3) is 0 Å². The number of esters is 2. The lowest BCUT2D eigenvalue weighted by Crippen LogP contribution is -2.67. The summed E-state index contributed by atoms with van der Waals surface area (Å²) in [7, 11) is 2.63. The van der Waals surface area contributed by atoms with Crippen molar-refractivity contribution in [2.24, 2.45) is 5.92 Å². The van der Waals surface area contributed by atoms with E-state index in [2.05, 4.69) is 0 Å². The molecule has 1 aromatic rings. The number of hydrogen-bond acceptors (Lipinski definition) is 4. The van der Waals surface area contributed by atoms with Crippen LogP contribution in [0.3, 0.4) is 0 Å². The number of carbonyl (C=O) groups is 2. The van der Waals surface area contributed by atoms with Crippen molar-refractivity contribution in [1.29, 1.82) is 0 Å². The Hall–Kier alpha value is -2.63. The third-order valence-electron chi connectivity index (χ3n) is 4.35. The molecule has 0 spiro atoms. The zero-order chi connectivity index (χ0) is 15.7. The van der Waals surface area contributed by atoms with E-state index in [1.807, 2.05) is 59.2 Å². The molecule has 0 atom stereocenters. The molecule has 0 fully saturated rings. The van der Waals surface area contributed by atoms with Crippen LogP contribution in [0.15, 0.2) is 65.7 Å². The molecule has 0 saturated heterocycles. The van der Waals surface area contributed by atoms with Crippen molar-refractivity contribution in [3.05, 3.63) is 65.7 Å². The normalized spacial score (nSPS) is 25.3. The summed E-state index contributed by atoms with van der Waals surface area (Å²) in [6.45, 7) is 0. The van der Waals surface area contributed by atoms with E-state index in [1.165, 1.54) is 14.2 Å². The lowest BCUT2D eigenvalue weighted by Gasteiger charge is -2.39. The molecule has 5 nitrogen and oxygen atoms in total. The van der Waals surface area contributed by atoms with E-state index in [0.717, 1.165) is 0 Å². The summed E-state index contributed by atoms with van der Waals surface area (Å²) in [4.78, 5) is 24.6. The number of rotatable bonds is 3. The second kappa shape index (κ2) is 5.29. The van der Waals surface area contributed by atoms with Gasteiger partial charge in [-0.3, -0.25) is 4.79 Å². The molecule has 4 heterocycles. The summed E-state index contributed by atoms with van der Waals surface area (Å²) in [6, 6.07) is 5.66. The standard InChI is InChI=1S/C16H16BNO4/c1-21-15(19)13-12-6-8-17(9-7-12,14(13)16(20)22-2)18-10-4-3-5-11-18/h3-12H,1-2H3. The molecule has 0 N–H and O–H groups in total. The number of allylic oxidation sites excluding steroid dienone is 2. The summed E-state index contributed by atoms with van der Waals surface area (Å²) in [5.74, 6) is 2.69. The van der Waals surface area contributed by atoms with Crippen LogP contribution in [-0.2, 0) is 19.1 Å². The maximum absolute atomic E-state index is 12.4. The Labute approximate surface area is 128 Å². The van der Waals surface area contributed by atoms with Gasteiger partial charge in [-0.2, -0.15) is 12.0 Å². The molecular weight excluding hydrogens is 281 g/mol. The van der Waals surface area contributed by atoms with Gasteiger partial charge in [0, 0.05) is 11.5 Å². The topological polar surface area (TPSA) is 56.5 Å². The monoisotopic (exact) mass is 297 g/mol. The van der Waals surface area contributed by atoms with Gasteiger partial charge < -0.3 is 14.0 Å². The van der Waals surface area contributed by atoms with Crippen LogP contribution in [0, 0.1) is 5.92 Å². The Morgan fingerprint density at radius 3 is 2.14 bits per heavy atom. The van der Waals surface area contributed by atoms with Crippen molar-refractivity contribution in [3.8, 4) is 0 Å². The van der Waals surface area contributed by atoms with E-state index < -0.39 is 18.2 Å². The lowest BCUT2D eigenvalue weighted by molar-refractivity contribution is -0.541. The lowest BCUT2D eigenvalue weighted by atomic mass is 9.26. The van der Waals surface area contributed by atoms with Gasteiger partial charge >= 0.3 is 18.2 Å². The molecule has 0 amide bonds. The first-order chi connectivity index (χ1) is 10.6. The van der Waals surface area contributed by atoms with Crippen molar-refractivity contribution in [2.75, 3.05) is 14.2 Å². The molecule has 3 aliphatic heterocycles. The minimum atomic E-state index is -1.68. The summed E-state index contributed by atoms with van der Waals surface area (Å²) in [5, 5.41) is 0. The fourth-order valence-electron chi connectivity index (χ4n) is 3.33. The van der Waals surface area contributed by atoms with Gasteiger partial charge in [-0.15, -0.1) is 12.2 Å². The van der Waals surface area contributed by atoms with Gasteiger partial charge in [-0.1, -0.05) is 6.07 Å². The number of aromatic nitrogens is 1. The number of pyridine rings is 1. The molecule has 6 heteroatoms. The molecule has 4 rings (SSSR count). The van der Waals surface area contributed by atoms with Crippen LogP contribution in [0.4, 0.5) is 0 Å². The first kappa shape index (κ1) is 14.3. The highest BCUT2D eigenvalue weighted by molar-refractivity contribution is 6.92. The van der Waals surface area contributed by atoms with Crippen LogP contribution >= 0.6 is 0 Å². The summed E-state index contributed by atoms with van der Waals surface area (Å²) >= 11 is 0. The quantitative estimate of drug-likeness (QED) is 0.611. The van der Waals surface area contributed by atoms with Crippen LogP contribution in [0.1, 0.15) is 0 Å². The average molecular weight is 297 g/mol. The molecule has 3 aliphatic rings. The van der Waals surface area contributed by atoms with Gasteiger partial charge in [-0.05, 0) is 17.6 Å². The molecule has 0 aromatic carbocycles. The summed E-state index contributed by atoms with van der Waals surface area (Å²) in [6.07, 6.45) is 5.93. The van der Waals surface area contributed by atoms with Crippen molar-refractivity contribution < 1.29 is 23.5 Å². The number of methoxy groups -OCH3 is 2. The predicted molar refractivity (Wildman–Crippen MR) is 80.6 cm³/mol. The minimum Gasteiger partial charge on any atom is -0.468 e. The Morgan fingerprint density at radius 1 is 1.00 bits per heavy atom. The second-order valence-electron chi connectivity index (χ2n) is 5.38. The number of carbonyl (C=O) groups excluding carboxylic acids is 2. The van der Waals surface area contributed by atoms with Gasteiger partial charge in [0.25, 0.3) is 0 Å². The first-order valence-corrected chi connectivity index (χ1v) is 7.07. The Kier molecular flexibility index (Phi) is 3.44. The molecule has 0 unspecified atom stereocenters. The van der Waals surface area contributed by atoms with E-state index in [1.54, 1.807) is 0 Å². The summed E-state index contributed by atoms with van der Waals surface area (Å²) in [5.41, 5.74) is 0.719. The number of hydrogen-bond donors (Lipinski definition) is 0. The van der Waals surface area contributed by atoms with E-state index in [4.69, 9.17) is 9.47 Å². The highest BCUT2D eigenvalue weighted by Crippen LogP contribution is 2.37. The fraction of sp³-hybridized carbons (Fsp3) is 0.188. The molecule has 0 saturated carbocycles. The van der Waals surface area contributed by atoms with E-state index in [0.29, 0.717) is 11.0 Å². The van der Waals surface area contributed by atoms with Gasteiger partial charge in [0.15, 0.2) is 0 Å². The smallest absolute Gasteiger partial charge is 0.353 e. The van der Waals surface area contributed by atoms with Crippen LogP contribution in [-0.4, -0.2) is 32.4 Å². The zero-order valence-electron chi connectivity index (χ0n) is 12.4. The zero-order valence-corrected chi connectivity index (χ0v) is 12.4. The third-order valence-corrected chi connectivity index (χ3v) is 4.35. The Bertz CT molecular complexity index is 707. The van der Waals surface area contributed by atoms with E-state index >= 15 is 0 Å². The highest BCUT2D eigenvalue weighted by atomic mass is 16.5. The molecule has 0 radical (unpaired) electrons. The SMILES string of the molecule is COC(=O)C1=C(C(=O)OC)[B-]2([n+]3ccccc3)C=CC1C=C2. The van der Waals surface area contributed by atoms with Gasteiger partial charge in [0.05, 0.1) is 14.2 Å². The fourth-order valence-corrected chi connectivity index (χ4v) is 3.33. The van der Waals surface area contributed by atoms with Crippen molar-refractivity contribution in [1.82, 2.24) is 0 Å². The van der Waals surface area contributed by atoms with Crippen molar-refractivity contribution >= 4 is 18.2 Å². The molecule has 22 heavy (non-hydrogen) atoms. The van der Waals surface area contributed by atoms with Gasteiger partial charge in [-0.25, -0.2) is 4.79 Å². The Morgan fingerprint density at radius 2 is 1.59 bits per heavy atom. The van der Waals surface area contributed by atoms with Crippen LogP contribution < -0.4 is 4.48 Å². The molecular formula is C16H16BNO4. The number of ether oxygens (including phenoxy) is 2. The maximum Gasteiger partial charge on any atom is 0.353 e.